The van der Waals surface area contributed by atoms with Crippen LogP contribution >= 0.6 is 0 Å². The van der Waals surface area contributed by atoms with Gasteiger partial charge in [0.1, 0.15) is 17.9 Å². The first-order valence-electron chi connectivity index (χ1n) is 11.4. The molecule has 0 bridgehead atoms. The number of anilines is 1. The van der Waals surface area contributed by atoms with Crippen LogP contribution in [0.1, 0.15) is 28.4 Å². The molecule has 38 heavy (non-hydrogen) atoms. The van der Waals surface area contributed by atoms with E-state index >= 15 is 0 Å². The van der Waals surface area contributed by atoms with Crippen molar-refractivity contribution in [1.82, 2.24) is 5.32 Å². The van der Waals surface area contributed by atoms with E-state index in [-0.39, 0.29) is 35.7 Å². The Labute approximate surface area is 216 Å². The van der Waals surface area contributed by atoms with Crippen molar-refractivity contribution in [1.29, 1.82) is 0 Å². The second-order valence-corrected chi connectivity index (χ2v) is 7.98. The predicted octanol–water partition coefficient (Wildman–Crippen LogP) is 4.02. The summed E-state index contributed by atoms with van der Waals surface area (Å²) in [6.07, 6.45) is 1.30. The van der Waals surface area contributed by atoms with E-state index in [1.165, 1.54) is 42.5 Å². The number of carbonyl (C=O) groups is 4. The van der Waals surface area contributed by atoms with Crippen molar-refractivity contribution in [2.45, 2.75) is 13.5 Å². The van der Waals surface area contributed by atoms with Crippen LogP contribution in [0, 0.1) is 10.1 Å². The fourth-order valence-corrected chi connectivity index (χ4v) is 3.66. The van der Waals surface area contributed by atoms with Gasteiger partial charge in [0.25, 0.3) is 17.5 Å². The summed E-state index contributed by atoms with van der Waals surface area (Å²) in [4.78, 5) is 61.6. The summed E-state index contributed by atoms with van der Waals surface area (Å²) in [6.45, 7) is 1.87. The second kappa shape index (κ2) is 11.2. The summed E-state index contributed by atoms with van der Waals surface area (Å²) in [5.41, 5.74) is 0.923. The van der Waals surface area contributed by atoms with Crippen LogP contribution in [-0.4, -0.2) is 35.3 Å². The number of esters is 1. The maximum atomic E-state index is 13.2. The molecule has 0 aromatic heterocycles. The number of nitro groups is 1. The van der Waals surface area contributed by atoms with Gasteiger partial charge in [-0.05, 0) is 48.9 Å². The van der Waals surface area contributed by atoms with Crippen molar-refractivity contribution < 1.29 is 33.6 Å². The number of rotatable bonds is 8. The molecule has 1 aliphatic heterocycles. The lowest BCUT2D eigenvalue weighted by Crippen LogP contribution is -2.54. The summed E-state index contributed by atoms with van der Waals surface area (Å²) >= 11 is 0. The minimum Gasteiger partial charge on any atom is -0.488 e. The SMILES string of the molecule is CCOC(=O)c1ccc(N2C(=O)NC(=O)/C(=C\c3ccccc3OCc3cccc([N+](=O)[O-])c3)C2=O)cc1. The Morgan fingerprint density at radius 1 is 1.03 bits per heavy atom. The van der Waals surface area contributed by atoms with Crippen molar-refractivity contribution in [3.8, 4) is 5.75 Å². The second-order valence-electron chi connectivity index (χ2n) is 7.98. The Hall–Kier alpha value is -5.32. The molecule has 4 amide bonds. The zero-order valence-corrected chi connectivity index (χ0v) is 20.1. The van der Waals surface area contributed by atoms with Crippen molar-refractivity contribution >= 4 is 41.3 Å². The van der Waals surface area contributed by atoms with Crippen LogP contribution in [-0.2, 0) is 20.9 Å². The van der Waals surface area contributed by atoms with Gasteiger partial charge in [-0.2, -0.15) is 0 Å². The molecule has 0 aliphatic carbocycles. The van der Waals surface area contributed by atoms with E-state index in [9.17, 15) is 29.3 Å². The lowest BCUT2D eigenvalue weighted by molar-refractivity contribution is -0.384. The molecule has 1 fully saturated rings. The molecule has 3 aromatic carbocycles. The largest absolute Gasteiger partial charge is 0.488 e. The van der Waals surface area contributed by atoms with E-state index in [1.807, 2.05) is 0 Å². The molecule has 11 heteroatoms. The number of hydrogen-bond acceptors (Lipinski definition) is 8. The molecule has 192 valence electrons. The number of nitro benzene ring substituents is 1. The highest BCUT2D eigenvalue weighted by atomic mass is 16.6. The van der Waals surface area contributed by atoms with Crippen molar-refractivity contribution in [3.05, 3.63) is 105 Å². The molecular formula is C27H21N3O8. The lowest BCUT2D eigenvalue weighted by Gasteiger charge is -2.26. The van der Waals surface area contributed by atoms with Gasteiger partial charge < -0.3 is 9.47 Å². The number of amides is 4. The molecule has 11 nitrogen and oxygen atoms in total. The number of ether oxygens (including phenoxy) is 2. The van der Waals surface area contributed by atoms with Crippen LogP contribution in [0.25, 0.3) is 6.08 Å². The summed E-state index contributed by atoms with van der Waals surface area (Å²) in [6, 6.07) is 17.2. The fraction of sp³-hybridized carbons (Fsp3) is 0.111. The number of nitrogens with zero attached hydrogens (tertiary/aromatic N) is 2. The highest BCUT2D eigenvalue weighted by Crippen LogP contribution is 2.27. The minimum atomic E-state index is -0.934. The third-order valence-corrected chi connectivity index (χ3v) is 5.47. The average molecular weight is 515 g/mol. The van der Waals surface area contributed by atoms with E-state index in [4.69, 9.17) is 9.47 Å². The first kappa shape index (κ1) is 25.8. The summed E-state index contributed by atoms with van der Waals surface area (Å²) < 4.78 is 10.8. The van der Waals surface area contributed by atoms with Crippen LogP contribution in [0.2, 0.25) is 0 Å². The van der Waals surface area contributed by atoms with Gasteiger partial charge in [-0.3, -0.25) is 25.0 Å². The highest BCUT2D eigenvalue weighted by Gasteiger charge is 2.37. The van der Waals surface area contributed by atoms with E-state index in [1.54, 1.807) is 43.3 Å². The number of hydrogen-bond donors (Lipinski definition) is 1. The maximum Gasteiger partial charge on any atom is 0.338 e. The number of urea groups is 1. The molecule has 1 saturated heterocycles. The molecule has 1 N–H and O–H groups in total. The molecule has 3 aromatic rings. The third kappa shape index (κ3) is 5.57. The van der Waals surface area contributed by atoms with Gasteiger partial charge in [0.2, 0.25) is 0 Å². The third-order valence-electron chi connectivity index (χ3n) is 5.47. The zero-order chi connectivity index (χ0) is 27.2. The number of carbonyl (C=O) groups excluding carboxylic acids is 4. The molecule has 0 spiro atoms. The lowest BCUT2D eigenvalue weighted by atomic mass is 10.1. The van der Waals surface area contributed by atoms with Crippen molar-refractivity contribution in [3.63, 3.8) is 0 Å². The number of imide groups is 2. The number of barbiturate groups is 1. The number of para-hydroxylation sites is 1. The van der Waals surface area contributed by atoms with Crippen LogP contribution in [0.3, 0.4) is 0 Å². The van der Waals surface area contributed by atoms with E-state index in [0.717, 1.165) is 4.90 Å². The molecule has 1 aliphatic rings. The maximum absolute atomic E-state index is 13.2. The minimum absolute atomic E-state index is 0.000561. The molecule has 0 atom stereocenters. The number of non-ortho nitro benzene ring substituents is 1. The quantitative estimate of drug-likeness (QED) is 0.156. The molecule has 4 rings (SSSR count). The van der Waals surface area contributed by atoms with Crippen LogP contribution in [0.5, 0.6) is 5.75 Å². The van der Waals surface area contributed by atoms with Gasteiger partial charge in [0.05, 0.1) is 22.8 Å². The van der Waals surface area contributed by atoms with E-state index < -0.39 is 28.7 Å². The van der Waals surface area contributed by atoms with Gasteiger partial charge >= 0.3 is 12.0 Å². The van der Waals surface area contributed by atoms with Gasteiger partial charge in [0.15, 0.2) is 0 Å². The van der Waals surface area contributed by atoms with Crippen molar-refractivity contribution in [2.24, 2.45) is 0 Å². The predicted molar refractivity (Wildman–Crippen MR) is 135 cm³/mol. The van der Waals surface area contributed by atoms with E-state index in [0.29, 0.717) is 16.9 Å². The van der Waals surface area contributed by atoms with Crippen LogP contribution in [0.15, 0.2) is 78.4 Å². The Kier molecular flexibility index (Phi) is 7.57. The van der Waals surface area contributed by atoms with E-state index in [2.05, 4.69) is 5.32 Å². The van der Waals surface area contributed by atoms with Crippen molar-refractivity contribution in [2.75, 3.05) is 11.5 Å². The van der Waals surface area contributed by atoms with Gasteiger partial charge in [-0.25, -0.2) is 14.5 Å². The Morgan fingerprint density at radius 2 is 1.76 bits per heavy atom. The number of benzene rings is 3. The van der Waals surface area contributed by atoms with Crippen LogP contribution < -0.4 is 15.0 Å². The summed E-state index contributed by atoms with van der Waals surface area (Å²) in [5, 5.41) is 13.2. The first-order valence-corrected chi connectivity index (χ1v) is 11.4. The van der Waals surface area contributed by atoms with Gasteiger partial charge in [0, 0.05) is 17.7 Å². The first-order chi connectivity index (χ1) is 18.3. The Balaban J connectivity index is 1.59. The molecule has 0 unspecified atom stereocenters. The standard InChI is InChI=1S/C27H21N3O8/c1-2-37-26(33)18-10-12-20(13-11-18)29-25(32)22(24(31)28-27(29)34)15-19-7-3-4-9-23(19)38-16-17-6-5-8-21(14-17)30(35)36/h3-15H,2,16H2,1H3,(H,28,31,34)/b22-15+. The number of nitrogens with one attached hydrogen (secondary N) is 1. The summed E-state index contributed by atoms with van der Waals surface area (Å²) in [7, 11) is 0. The van der Waals surface area contributed by atoms with Gasteiger partial charge in [-0.15, -0.1) is 0 Å². The van der Waals surface area contributed by atoms with Gasteiger partial charge in [-0.1, -0.05) is 30.3 Å². The normalized spacial score (nSPS) is 14.3. The Morgan fingerprint density at radius 3 is 2.47 bits per heavy atom. The molecular weight excluding hydrogens is 494 g/mol. The highest BCUT2D eigenvalue weighted by molar-refractivity contribution is 6.39. The molecule has 1 heterocycles. The Bertz CT molecular complexity index is 1460. The topological polar surface area (TPSA) is 145 Å². The zero-order valence-electron chi connectivity index (χ0n) is 20.1. The fourth-order valence-electron chi connectivity index (χ4n) is 3.66. The molecule has 0 saturated carbocycles. The molecule has 0 radical (unpaired) electrons. The summed E-state index contributed by atoms with van der Waals surface area (Å²) in [5.74, 6) is -1.98. The smallest absolute Gasteiger partial charge is 0.338 e. The average Bonchev–Trinajstić information content (AvgIpc) is 2.91. The van der Waals surface area contributed by atoms with Crippen LogP contribution in [0.4, 0.5) is 16.2 Å². The monoisotopic (exact) mass is 515 g/mol.